The van der Waals surface area contributed by atoms with E-state index >= 15 is 0 Å². The molecule has 0 aliphatic rings. The van der Waals surface area contributed by atoms with Gasteiger partial charge in [-0.05, 0) is 205 Å². The van der Waals surface area contributed by atoms with Crippen molar-refractivity contribution in [2.24, 2.45) is 0 Å². The first-order valence-corrected chi connectivity index (χ1v) is 41.5. The quantitative estimate of drug-likeness (QED) is 0.0668. The summed E-state index contributed by atoms with van der Waals surface area (Å²) in [5, 5.41) is 0. The summed E-state index contributed by atoms with van der Waals surface area (Å²) in [5.41, 5.74) is 0. The average molecular weight is 1070 g/mol. The molecule has 0 aliphatic heterocycles. The second-order valence-electron chi connectivity index (χ2n) is 13.4. The van der Waals surface area contributed by atoms with Crippen molar-refractivity contribution < 1.29 is 39.9 Å². The van der Waals surface area contributed by atoms with Crippen molar-refractivity contribution in [2.75, 3.05) is 205 Å². The molecule has 13 heteroatoms. The van der Waals surface area contributed by atoms with Crippen LogP contribution in [0.2, 0.25) is 0 Å². The minimum Gasteiger partial charge on any atom is -0.121 e. The van der Waals surface area contributed by atoms with E-state index in [9.17, 15) is 0 Å². The Balaban J connectivity index is -0.000000157. The summed E-state index contributed by atoms with van der Waals surface area (Å²) >= 11 is 0. The minimum absolute atomic E-state index is 0. The number of hydrogen-bond acceptors (Lipinski definition) is 0. The summed E-state index contributed by atoms with van der Waals surface area (Å²) in [6.07, 6.45) is 24.0. The Morgan fingerprint density at radius 3 is 0.378 bits per heavy atom. The van der Waals surface area contributed by atoms with E-state index in [1.54, 1.807) is 0 Å². The van der Waals surface area contributed by atoms with Crippen LogP contribution in [0.25, 0.3) is 0 Å². The summed E-state index contributed by atoms with van der Waals surface area (Å²) in [6, 6.07) is 0. The molecule has 0 saturated heterocycles. The standard InChI is InChI=1S/4C8H21P3.Th/c4*1-10(2)7-5-9-6-8-11(3)4;/h4*9H,5-8H2,1-4H3;. The maximum Gasteiger partial charge on any atom is 0 e. The third-order valence-electron chi connectivity index (χ3n) is 5.89. The molecule has 0 aromatic heterocycles. The van der Waals surface area contributed by atoms with E-state index in [4.69, 9.17) is 0 Å². The van der Waals surface area contributed by atoms with Crippen LogP contribution in [0.5, 0.6) is 0 Å². The molecule has 0 saturated carbocycles. The van der Waals surface area contributed by atoms with Gasteiger partial charge in [-0.25, -0.2) is 0 Å². The van der Waals surface area contributed by atoms with E-state index in [-0.39, 0.29) is 39.9 Å². The van der Waals surface area contributed by atoms with Gasteiger partial charge in [0, 0.05) is 39.9 Å². The molecule has 0 amide bonds. The summed E-state index contributed by atoms with van der Waals surface area (Å²) in [7, 11) is 8.04. The second kappa shape index (κ2) is 48.5. The van der Waals surface area contributed by atoms with Crippen LogP contribution in [0.1, 0.15) is 0 Å². The van der Waals surface area contributed by atoms with Gasteiger partial charge in [-0.2, -0.15) is 0 Å². The van der Waals surface area contributed by atoms with Crippen LogP contribution in [-0.2, 0) is 0 Å². The third-order valence-corrected chi connectivity index (χ3v) is 23.0. The van der Waals surface area contributed by atoms with Crippen LogP contribution in [0, 0.1) is 39.9 Å². The van der Waals surface area contributed by atoms with Gasteiger partial charge in [0.05, 0.1) is 0 Å². The molecule has 0 rings (SSSR count). The van der Waals surface area contributed by atoms with E-state index in [2.05, 4.69) is 107 Å². The molecule has 0 N–H and O–H groups in total. The fourth-order valence-corrected chi connectivity index (χ4v) is 23.3. The zero-order valence-electron chi connectivity index (χ0n) is 33.4. The third kappa shape index (κ3) is 80.1. The molecule has 0 atom stereocenters. The van der Waals surface area contributed by atoms with E-state index in [1.807, 2.05) is 0 Å². The second-order valence-corrected chi connectivity index (χ2v) is 40.3. The van der Waals surface area contributed by atoms with Crippen molar-refractivity contribution in [2.45, 2.75) is 0 Å². The maximum absolute atomic E-state index is 2.38. The SMILES string of the molecule is CP(C)CCPCCP(C)C.CP(C)CCPCCP(C)C.CP(C)CCPCCP(C)C.CP(C)CCPCCP(C)C.[Th]. The van der Waals surface area contributed by atoms with Crippen LogP contribution in [-0.4, -0.2) is 205 Å². The summed E-state index contributed by atoms with van der Waals surface area (Å²) in [5.74, 6) is 0. The van der Waals surface area contributed by atoms with Crippen LogP contribution in [0.3, 0.4) is 0 Å². The van der Waals surface area contributed by atoms with E-state index in [0.717, 1.165) is 0 Å². The summed E-state index contributed by atoms with van der Waals surface area (Å²) in [6.45, 7) is 38.1. The van der Waals surface area contributed by atoms with Gasteiger partial charge in [-0.3, -0.25) is 0 Å². The Morgan fingerprint density at radius 2 is 0.311 bits per heavy atom. The van der Waals surface area contributed by atoms with Crippen LogP contribution >= 0.6 is 97.7 Å². The number of rotatable bonds is 24. The Morgan fingerprint density at radius 1 is 0.222 bits per heavy atom. The van der Waals surface area contributed by atoms with Gasteiger partial charge in [0.2, 0.25) is 0 Å². The fourth-order valence-electron chi connectivity index (χ4n) is 2.92. The van der Waals surface area contributed by atoms with E-state index in [0.29, 0.717) is 63.4 Å². The monoisotopic (exact) mass is 1070 g/mol. The molecule has 0 fully saturated rings. The predicted octanol–water partition coefficient (Wildman–Crippen LogP) is 12.6. The molecule has 0 spiro atoms. The zero-order chi connectivity index (χ0) is 34.8. The summed E-state index contributed by atoms with van der Waals surface area (Å²) < 4.78 is 0. The molecule has 0 unspecified atom stereocenters. The van der Waals surface area contributed by atoms with Crippen molar-refractivity contribution in [3.05, 3.63) is 0 Å². The Labute approximate surface area is 339 Å². The van der Waals surface area contributed by atoms with Crippen molar-refractivity contribution in [1.82, 2.24) is 0 Å². The normalized spacial score (nSPS) is 11.2. The molecule has 0 radical (unpaired) electrons. The van der Waals surface area contributed by atoms with Crippen molar-refractivity contribution >= 4 is 97.7 Å². The average Bonchev–Trinajstić information content (AvgIpc) is 2.87. The summed E-state index contributed by atoms with van der Waals surface area (Å²) in [4.78, 5) is 0. The van der Waals surface area contributed by atoms with E-state index in [1.165, 1.54) is 133 Å². The predicted molar refractivity (Wildman–Crippen MR) is 261 cm³/mol. The van der Waals surface area contributed by atoms with Crippen molar-refractivity contribution in [3.8, 4) is 0 Å². The molecule has 0 aromatic rings. The smallest absolute Gasteiger partial charge is 0 e. The Hall–Kier alpha value is 6.48. The fraction of sp³-hybridized carbons (Fsp3) is 1.00. The minimum atomic E-state index is 0. The largest absolute Gasteiger partial charge is 0.121 e. The molecular weight excluding hydrogens is 988 g/mol. The van der Waals surface area contributed by atoms with Gasteiger partial charge >= 0.3 is 0 Å². The Kier molecular flexibility index (Phi) is 65.5. The molecule has 0 bridgehead atoms. The Bertz CT molecular complexity index is 381. The van der Waals surface area contributed by atoms with Gasteiger partial charge in [0.1, 0.15) is 0 Å². The van der Waals surface area contributed by atoms with E-state index < -0.39 is 0 Å². The van der Waals surface area contributed by atoms with Gasteiger partial charge in [-0.15, -0.1) is 97.7 Å². The molecular formula is C32H84P12Th. The van der Waals surface area contributed by atoms with Crippen molar-refractivity contribution in [1.29, 1.82) is 0 Å². The molecule has 0 heterocycles. The maximum atomic E-state index is 2.38. The van der Waals surface area contributed by atoms with Gasteiger partial charge in [-0.1, -0.05) is 0 Å². The number of hydrogen-bond donors (Lipinski definition) is 0. The first-order valence-electron chi connectivity index (χ1n) is 16.5. The van der Waals surface area contributed by atoms with Gasteiger partial charge in [0.25, 0.3) is 0 Å². The van der Waals surface area contributed by atoms with Gasteiger partial charge in [0.15, 0.2) is 0 Å². The zero-order valence-corrected chi connectivity index (χ0v) is 48.7. The topological polar surface area (TPSA) is 0 Å². The first-order chi connectivity index (χ1) is 20.5. The molecule has 45 heavy (non-hydrogen) atoms. The van der Waals surface area contributed by atoms with Crippen LogP contribution in [0.4, 0.5) is 0 Å². The molecule has 0 aliphatic carbocycles. The molecule has 276 valence electrons. The molecule has 0 aromatic carbocycles. The van der Waals surface area contributed by atoms with Gasteiger partial charge < -0.3 is 0 Å². The molecule has 0 nitrogen and oxygen atoms in total. The van der Waals surface area contributed by atoms with Crippen LogP contribution in [0.15, 0.2) is 0 Å². The first kappa shape index (κ1) is 60.7. The van der Waals surface area contributed by atoms with Crippen LogP contribution < -0.4 is 0 Å². The van der Waals surface area contributed by atoms with Crippen molar-refractivity contribution in [3.63, 3.8) is 0 Å².